The van der Waals surface area contributed by atoms with Gasteiger partial charge in [0.15, 0.2) is 0 Å². The average molecular weight is 310 g/mol. The van der Waals surface area contributed by atoms with Crippen LogP contribution in [0.2, 0.25) is 0 Å². The number of benzene rings is 1. The van der Waals surface area contributed by atoms with Gasteiger partial charge in [-0.15, -0.1) is 0 Å². The van der Waals surface area contributed by atoms with Gasteiger partial charge in [-0.3, -0.25) is 0 Å². The molecule has 1 saturated carbocycles. The van der Waals surface area contributed by atoms with Crippen molar-refractivity contribution < 1.29 is 8.42 Å². The largest absolute Gasteiger partial charge is 0.316 e. The minimum absolute atomic E-state index is 0.455. The monoisotopic (exact) mass is 310 g/mol. The third kappa shape index (κ3) is 3.47. The summed E-state index contributed by atoms with van der Waals surface area (Å²) in [4.78, 5) is 0.455. The average Bonchev–Trinajstić information content (AvgIpc) is 2.39. The van der Waals surface area contributed by atoms with Gasteiger partial charge in [0.1, 0.15) is 0 Å². The molecular formula is C16H26N2O2S. The summed E-state index contributed by atoms with van der Waals surface area (Å²) in [6, 6.07) is 5.55. The van der Waals surface area contributed by atoms with Gasteiger partial charge in [0.2, 0.25) is 10.0 Å². The molecule has 0 heterocycles. The van der Waals surface area contributed by atoms with Crippen molar-refractivity contribution in [3.63, 3.8) is 0 Å². The molecule has 0 radical (unpaired) electrons. The lowest BCUT2D eigenvalue weighted by Gasteiger charge is -2.31. The molecule has 4 nitrogen and oxygen atoms in total. The van der Waals surface area contributed by atoms with Gasteiger partial charge in [-0.05, 0) is 49.9 Å². The molecule has 0 unspecified atom stereocenters. The van der Waals surface area contributed by atoms with Crippen LogP contribution in [0, 0.1) is 12.8 Å². The minimum Gasteiger partial charge on any atom is -0.316 e. The lowest BCUT2D eigenvalue weighted by molar-refractivity contribution is 0.250. The van der Waals surface area contributed by atoms with E-state index in [0.717, 1.165) is 24.0 Å². The smallest absolute Gasteiger partial charge is 0.243 e. The zero-order valence-electron chi connectivity index (χ0n) is 13.2. The molecule has 1 aromatic carbocycles. The van der Waals surface area contributed by atoms with Crippen LogP contribution in [0.3, 0.4) is 0 Å². The normalized spacial score (nSPS) is 16.2. The van der Waals surface area contributed by atoms with Crippen LogP contribution in [0.5, 0.6) is 0 Å². The number of hydrogen-bond acceptors (Lipinski definition) is 3. The van der Waals surface area contributed by atoms with Crippen LogP contribution >= 0.6 is 0 Å². The maximum Gasteiger partial charge on any atom is 0.243 e. The molecule has 118 valence electrons. The fraction of sp³-hybridized carbons (Fsp3) is 0.625. The van der Waals surface area contributed by atoms with Crippen LogP contribution in [0.4, 0.5) is 0 Å². The van der Waals surface area contributed by atoms with E-state index in [-0.39, 0.29) is 0 Å². The predicted molar refractivity (Wildman–Crippen MR) is 85.7 cm³/mol. The SMILES string of the molecule is CCN(CC1CCC1)S(=O)(=O)c1cccc(CNC)c1C. The Kier molecular flexibility index (Phi) is 5.41. The lowest BCUT2D eigenvalue weighted by atomic mass is 9.85. The van der Waals surface area contributed by atoms with E-state index in [1.165, 1.54) is 6.42 Å². The first-order valence-corrected chi connectivity index (χ1v) is 9.18. The Hall–Kier alpha value is -0.910. The molecule has 0 saturated heterocycles. The Bertz CT molecular complexity index is 580. The summed E-state index contributed by atoms with van der Waals surface area (Å²) < 4.78 is 27.5. The van der Waals surface area contributed by atoms with Crippen molar-refractivity contribution >= 4 is 10.0 Å². The fourth-order valence-electron chi connectivity index (χ4n) is 2.82. The molecule has 5 heteroatoms. The highest BCUT2D eigenvalue weighted by Gasteiger charge is 2.29. The van der Waals surface area contributed by atoms with Gasteiger partial charge in [-0.25, -0.2) is 8.42 Å². The highest BCUT2D eigenvalue weighted by Crippen LogP contribution is 2.30. The molecule has 0 aliphatic heterocycles. The quantitative estimate of drug-likeness (QED) is 0.842. The maximum atomic E-state index is 12.9. The lowest BCUT2D eigenvalue weighted by Crippen LogP contribution is -2.37. The number of rotatable bonds is 7. The maximum absolute atomic E-state index is 12.9. The summed E-state index contributed by atoms with van der Waals surface area (Å²) in [6.07, 6.45) is 3.55. The highest BCUT2D eigenvalue weighted by atomic mass is 32.2. The van der Waals surface area contributed by atoms with Gasteiger partial charge in [0.05, 0.1) is 4.90 Å². The highest BCUT2D eigenvalue weighted by molar-refractivity contribution is 7.89. The van der Waals surface area contributed by atoms with E-state index in [9.17, 15) is 8.42 Å². The number of nitrogens with zero attached hydrogens (tertiary/aromatic N) is 1. The van der Waals surface area contributed by atoms with Crippen LogP contribution in [-0.4, -0.2) is 32.9 Å². The fourth-order valence-corrected chi connectivity index (χ4v) is 4.61. The van der Waals surface area contributed by atoms with Crippen molar-refractivity contribution in [2.45, 2.75) is 44.6 Å². The Balaban J connectivity index is 2.30. The van der Waals surface area contributed by atoms with E-state index >= 15 is 0 Å². The topological polar surface area (TPSA) is 49.4 Å². The summed E-state index contributed by atoms with van der Waals surface area (Å²) in [6.45, 7) is 5.70. The first-order chi connectivity index (χ1) is 10.0. The van der Waals surface area contributed by atoms with Crippen molar-refractivity contribution in [1.29, 1.82) is 0 Å². The van der Waals surface area contributed by atoms with E-state index in [1.807, 2.05) is 33.0 Å². The molecular weight excluding hydrogens is 284 g/mol. The Morgan fingerprint density at radius 1 is 1.33 bits per heavy atom. The zero-order valence-corrected chi connectivity index (χ0v) is 14.0. The number of sulfonamides is 1. The summed E-state index contributed by atoms with van der Waals surface area (Å²) in [5.74, 6) is 0.542. The van der Waals surface area contributed by atoms with Crippen molar-refractivity contribution in [1.82, 2.24) is 9.62 Å². The van der Waals surface area contributed by atoms with E-state index < -0.39 is 10.0 Å². The van der Waals surface area contributed by atoms with Crippen LogP contribution in [-0.2, 0) is 16.6 Å². The van der Waals surface area contributed by atoms with E-state index in [1.54, 1.807) is 10.4 Å². The van der Waals surface area contributed by atoms with Crippen molar-refractivity contribution in [3.8, 4) is 0 Å². The van der Waals surface area contributed by atoms with Gasteiger partial charge in [-0.2, -0.15) is 4.31 Å². The zero-order chi connectivity index (χ0) is 15.5. The van der Waals surface area contributed by atoms with Crippen LogP contribution in [0.25, 0.3) is 0 Å². The number of hydrogen-bond donors (Lipinski definition) is 1. The Morgan fingerprint density at radius 2 is 2.05 bits per heavy atom. The summed E-state index contributed by atoms with van der Waals surface area (Å²) >= 11 is 0. The Morgan fingerprint density at radius 3 is 2.57 bits per heavy atom. The summed E-state index contributed by atoms with van der Waals surface area (Å²) in [5.41, 5.74) is 1.90. The van der Waals surface area contributed by atoms with Gasteiger partial charge in [0, 0.05) is 19.6 Å². The molecule has 21 heavy (non-hydrogen) atoms. The molecule has 1 fully saturated rings. The molecule has 0 atom stereocenters. The van der Waals surface area contributed by atoms with Crippen molar-refractivity contribution in [2.75, 3.05) is 20.1 Å². The van der Waals surface area contributed by atoms with Gasteiger partial charge in [0.25, 0.3) is 0 Å². The number of nitrogens with one attached hydrogen (secondary N) is 1. The van der Waals surface area contributed by atoms with E-state index in [2.05, 4.69) is 5.32 Å². The molecule has 1 N–H and O–H groups in total. The van der Waals surface area contributed by atoms with Crippen LogP contribution in [0.1, 0.15) is 37.3 Å². The minimum atomic E-state index is -3.39. The molecule has 2 rings (SSSR count). The van der Waals surface area contributed by atoms with E-state index in [0.29, 0.717) is 30.4 Å². The Labute approximate surface area is 128 Å². The van der Waals surface area contributed by atoms with Gasteiger partial charge < -0.3 is 5.32 Å². The standard InChI is InChI=1S/C16H26N2O2S/c1-4-18(12-14-7-5-8-14)21(19,20)16-10-6-9-15(11-17-3)13(16)2/h6,9-10,14,17H,4-5,7-8,11-12H2,1-3H3. The molecule has 1 aromatic rings. The molecule has 0 spiro atoms. The summed E-state index contributed by atoms with van der Waals surface area (Å²) in [5, 5.41) is 3.09. The van der Waals surface area contributed by atoms with Gasteiger partial charge >= 0.3 is 0 Å². The van der Waals surface area contributed by atoms with Crippen LogP contribution < -0.4 is 5.32 Å². The second-order valence-corrected chi connectivity index (χ2v) is 7.73. The molecule has 1 aliphatic rings. The van der Waals surface area contributed by atoms with E-state index in [4.69, 9.17) is 0 Å². The molecule has 0 aromatic heterocycles. The summed E-state index contributed by atoms with van der Waals surface area (Å²) in [7, 11) is -1.52. The van der Waals surface area contributed by atoms with Crippen molar-refractivity contribution in [3.05, 3.63) is 29.3 Å². The molecule has 1 aliphatic carbocycles. The second-order valence-electron chi connectivity index (χ2n) is 5.82. The predicted octanol–water partition coefficient (Wildman–Crippen LogP) is 2.53. The molecule has 0 bridgehead atoms. The second kappa shape index (κ2) is 6.90. The van der Waals surface area contributed by atoms with Crippen molar-refractivity contribution in [2.24, 2.45) is 5.92 Å². The third-order valence-corrected chi connectivity index (χ3v) is 6.51. The first-order valence-electron chi connectivity index (χ1n) is 7.74. The third-order valence-electron chi connectivity index (χ3n) is 4.42. The van der Waals surface area contributed by atoms with Gasteiger partial charge in [-0.1, -0.05) is 25.5 Å². The first kappa shape index (κ1) is 16.5. The molecule has 0 amide bonds. The van der Waals surface area contributed by atoms with Crippen LogP contribution in [0.15, 0.2) is 23.1 Å².